The van der Waals surface area contributed by atoms with Gasteiger partial charge in [-0.1, -0.05) is 46.5 Å². The first-order chi connectivity index (χ1) is 7.65. The fraction of sp³-hybridized carbons (Fsp3) is 1.00. The molecule has 1 aliphatic carbocycles. The van der Waals surface area contributed by atoms with Gasteiger partial charge in [0.05, 0.1) is 6.10 Å². The quantitative estimate of drug-likeness (QED) is 0.731. The van der Waals surface area contributed by atoms with E-state index in [1.54, 1.807) is 0 Å². The van der Waals surface area contributed by atoms with E-state index in [4.69, 9.17) is 0 Å². The maximum atomic E-state index is 10.2. The number of nitrogens with one attached hydrogen (secondary N) is 1. The Morgan fingerprint density at radius 2 is 1.88 bits per heavy atom. The van der Waals surface area contributed by atoms with Crippen molar-refractivity contribution in [2.45, 2.75) is 59.0 Å². The van der Waals surface area contributed by atoms with E-state index in [0.717, 1.165) is 19.0 Å². The Labute approximate surface area is 101 Å². The Kier molecular flexibility index (Phi) is 6.37. The molecule has 0 radical (unpaired) electrons. The second-order valence-electron chi connectivity index (χ2n) is 5.74. The fourth-order valence-corrected chi connectivity index (χ4v) is 2.92. The summed E-state index contributed by atoms with van der Waals surface area (Å²) < 4.78 is 0. The summed E-state index contributed by atoms with van der Waals surface area (Å²) in [6, 6.07) is 0. The molecule has 1 aliphatic rings. The summed E-state index contributed by atoms with van der Waals surface area (Å²) in [5.74, 6) is 1.96. The summed E-state index contributed by atoms with van der Waals surface area (Å²) in [7, 11) is 0. The average Bonchev–Trinajstić information content (AvgIpc) is 2.28. The lowest BCUT2D eigenvalue weighted by atomic mass is 9.75. The molecule has 1 saturated carbocycles. The van der Waals surface area contributed by atoms with Crippen LogP contribution < -0.4 is 5.32 Å². The third-order valence-electron chi connectivity index (χ3n) is 3.89. The first-order valence-corrected chi connectivity index (χ1v) is 7.04. The molecule has 0 spiro atoms. The van der Waals surface area contributed by atoms with Gasteiger partial charge in [-0.3, -0.25) is 0 Å². The Hall–Kier alpha value is -0.0800. The largest absolute Gasteiger partial charge is 0.392 e. The molecule has 3 unspecified atom stereocenters. The molecule has 0 aliphatic heterocycles. The van der Waals surface area contributed by atoms with E-state index in [2.05, 4.69) is 26.1 Å². The van der Waals surface area contributed by atoms with E-state index in [9.17, 15) is 5.11 Å². The molecular formula is C14H29NO. The van der Waals surface area contributed by atoms with E-state index in [1.807, 2.05) is 0 Å². The van der Waals surface area contributed by atoms with Crippen LogP contribution in [0.1, 0.15) is 52.9 Å². The van der Waals surface area contributed by atoms with Gasteiger partial charge in [-0.05, 0) is 30.7 Å². The molecule has 16 heavy (non-hydrogen) atoms. The van der Waals surface area contributed by atoms with Crippen molar-refractivity contribution in [3.8, 4) is 0 Å². The second-order valence-corrected chi connectivity index (χ2v) is 5.74. The lowest BCUT2D eigenvalue weighted by Gasteiger charge is -2.34. The third kappa shape index (κ3) is 4.42. The van der Waals surface area contributed by atoms with Gasteiger partial charge in [0.2, 0.25) is 0 Å². The maximum absolute atomic E-state index is 10.2. The van der Waals surface area contributed by atoms with Gasteiger partial charge < -0.3 is 10.4 Å². The van der Waals surface area contributed by atoms with E-state index in [-0.39, 0.29) is 6.10 Å². The highest BCUT2D eigenvalue weighted by atomic mass is 16.3. The normalized spacial score (nSPS) is 28.3. The van der Waals surface area contributed by atoms with E-state index >= 15 is 0 Å². The predicted molar refractivity (Wildman–Crippen MR) is 69.5 cm³/mol. The first kappa shape index (κ1) is 14.0. The molecule has 0 saturated heterocycles. The van der Waals surface area contributed by atoms with E-state index in [1.165, 1.54) is 32.1 Å². The molecular weight excluding hydrogens is 198 g/mol. The molecule has 3 atom stereocenters. The summed E-state index contributed by atoms with van der Waals surface area (Å²) >= 11 is 0. The molecule has 0 amide bonds. The number of rotatable bonds is 6. The molecule has 0 aromatic carbocycles. The molecule has 2 nitrogen and oxygen atoms in total. The zero-order valence-electron chi connectivity index (χ0n) is 11.2. The van der Waals surface area contributed by atoms with Crippen LogP contribution in [0.4, 0.5) is 0 Å². The van der Waals surface area contributed by atoms with Crippen LogP contribution in [0.25, 0.3) is 0 Å². The predicted octanol–water partition coefficient (Wildman–Crippen LogP) is 2.81. The maximum Gasteiger partial charge on any atom is 0.0695 e. The van der Waals surface area contributed by atoms with Crippen LogP contribution in [0.15, 0.2) is 0 Å². The zero-order chi connectivity index (χ0) is 12.0. The highest BCUT2D eigenvalue weighted by Crippen LogP contribution is 2.34. The Morgan fingerprint density at radius 3 is 2.50 bits per heavy atom. The summed E-state index contributed by atoms with van der Waals surface area (Å²) in [4.78, 5) is 0. The number of aliphatic hydroxyl groups is 1. The van der Waals surface area contributed by atoms with Crippen LogP contribution in [0.2, 0.25) is 0 Å². The third-order valence-corrected chi connectivity index (χ3v) is 3.89. The molecule has 2 N–H and O–H groups in total. The van der Waals surface area contributed by atoms with Gasteiger partial charge in [0.25, 0.3) is 0 Å². The first-order valence-electron chi connectivity index (χ1n) is 7.04. The SMILES string of the molecule is CCC1CCCCC1C(O)CNCC(C)C. The monoisotopic (exact) mass is 227 g/mol. The van der Waals surface area contributed by atoms with E-state index < -0.39 is 0 Å². The van der Waals surface area contributed by atoms with Gasteiger partial charge in [0.15, 0.2) is 0 Å². The molecule has 1 fully saturated rings. The Morgan fingerprint density at radius 1 is 1.19 bits per heavy atom. The standard InChI is InChI=1S/C14H29NO/c1-4-12-7-5-6-8-13(12)14(16)10-15-9-11(2)3/h11-16H,4-10H2,1-3H3. The van der Waals surface area contributed by atoms with Crippen molar-refractivity contribution in [3.63, 3.8) is 0 Å². The van der Waals surface area contributed by atoms with Crippen molar-refractivity contribution in [2.75, 3.05) is 13.1 Å². The van der Waals surface area contributed by atoms with Gasteiger partial charge in [-0.2, -0.15) is 0 Å². The molecule has 96 valence electrons. The van der Waals surface area contributed by atoms with Gasteiger partial charge in [-0.25, -0.2) is 0 Å². The van der Waals surface area contributed by atoms with Crippen LogP contribution >= 0.6 is 0 Å². The number of hydrogen-bond acceptors (Lipinski definition) is 2. The van der Waals surface area contributed by atoms with Crippen LogP contribution in [0, 0.1) is 17.8 Å². The van der Waals surface area contributed by atoms with Crippen molar-refractivity contribution in [3.05, 3.63) is 0 Å². The van der Waals surface area contributed by atoms with Gasteiger partial charge >= 0.3 is 0 Å². The summed E-state index contributed by atoms with van der Waals surface area (Å²) in [5, 5.41) is 13.6. The smallest absolute Gasteiger partial charge is 0.0695 e. The van der Waals surface area contributed by atoms with Crippen molar-refractivity contribution < 1.29 is 5.11 Å². The highest BCUT2D eigenvalue weighted by molar-refractivity contribution is 4.81. The van der Waals surface area contributed by atoms with Crippen molar-refractivity contribution in [2.24, 2.45) is 17.8 Å². The second kappa shape index (κ2) is 7.29. The summed E-state index contributed by atoms with van der Waals surface area (Å²) in [6.07, 6.45) is 6.31. The number of hydrogen-bond donors (Lipinski definition) is 2. The minimum atomic E-state index is -0.135. The van der Waals surface area contributed by atoms with E-state index in [0.29, 0.717) is 11.8 Å². The van der Waals surface area contributed by atoms with Crippen molar-refractivity contribution in [1.82, 2.24) is 5.32 Å². The average molecular weight is 227 g/mol. The molecule has 1 rings (SSSR count). The summed E-state index contributed by atoms with van der Waals surface area (Å²) in [6.45, 7) is 8.46. The van der Waals surface area contributed by atoms with Gasteiger partial charge in [0, 0.05) is 6.54 Å². The van der Waals surface area contributed by atoms with Gasteiger partial charge in [0.1, 0.15) is 0 Å². The molecule has 0 aromatic rings. The molecule has 0 aromatic heterocycles. The minimum absolute atomic E-state index is 0.135. The van der Waals surface area contributed by atoms with Crippen molar-refractivity contribution >= 4 is 0 Å². The fourth-order valence-electron chi connectivity index (χ4n) is 2.92. The molecule has 0 heterocycles. The lowest BCUT2D eigenvalue weighted by molar-refractivity contribution is 0.0458. The molecule has 0 bridgehead atoms. The van der Waals surface area contributed by atoms with Crippen LogP contribution in [-0.4, -0.2) is 24.3 Å². The Bertz CT molecular complexity index is 182. The number of aliphatic hydroxyl groups excluding tert-OH is 1. The highest BCUT2D eigenvalue weighted by Gasteiger charge is 2.29. The van der Waals surface area contributed by atoms with Gasteiger partial charge in [-0.15, -0.1) is 0 Å². The summed E-state index contributed by atoms with van der Waals surface area (Å²) in [5.41, 5.74) is 0. The van der Waals surface area contributed by atoms with Crippen LogP contribution in [0.5, 0.6) is 0 Å². The van der Waals surface area contributed by atoms with Crippen molar-refractivity contribution in [1.29, 1.82) is 0 Å². The minimum Gasteiger partial charge on any atom is -0.392 e. The lowest BCUT2D eigenvalue weighted by Crippen LogP contribution is -2.38. The molecule has 2 heteroatoms. The van der Waals surface area contributed by atoms with Crippen LogP contribution in [-0.2, 0) is 0 Å². The topological polar surface area (TPSA) is 32.3 Å². The zero-order valence-corrected chi connectivity index (χ0v) is 11.2. The Balaban J connectivity index is 2.29. The van der Waals surface area contributed by atoms with Crippen LogP contribution in [0.3, 0.4) is 0 Å².